The number of hydrogen-bond donors (Lipinski definition) is 2. The van der Waals surface area contributed by atoms with Crippen LogP contribution in [0.1, 0.15) is 22.8 Å². The van der Waals surface area contributed by atoms with Gasteiger partial charge >= 0.3 is 29.6 Å². The van der Waals surface area contributed by atoms with Gasteiger partial charge in [-0.2, -0.15) is 18.6 Å². The topological polar surface area (TPSA) is 140 Å². The molecule has 1 amide bonds. The number of fused-ring (bicyclic) bond motifs is 1. The molecule has 0 aliphatic heterocycles. The Morgan fingerprint density at radius 1 is 1.05 bits per heavy atom. The maximum atomic E-state index is 13.5. The average Bonchev–Trinajstić information content (AvgIpc) is 2.87. The summed E-state index contributed by atoms with van der Waals surface area (Å²) in [4.78, 5) is 12.7. The van der Waals surface area contributed by atoms with Crippen molar-refractivity contribution in [3.63, 3.8) is 0 Å². The van der Waals surface area contributed by atoms with Gasteiger partial charge in [-0.3, -0.25) is 9.35 Å². The molecule has 196 valence electrons. The van der Waals surface area contributed by atoms with Crippen LogP contribution in [-0.2, 0) is 16.5 Å². The Balaban J connectivity index is 0.00000420. The van der Waals surface area contributed by atoms with Gasteiger partial charge in [-0.25, -0.2) is 0 Å². The number of nitrogens with zero attached hydrogens (tertiary/aromatic N) is 2. The summed E-state index contributed by atoms with van der Waals surface area (Å²) in [5.74, 6) is -1.19. The molecule has 4 aromatic carbocycles. The van der Waals surface area contributed by atoms with Crippen LogP contribution in [0.15, 0.2) is 75.8 Å². The molecule has 0 unspecified atom stereocenters. The first-order chi connectivity index (χ1) is 18.0. The van der Waals surface area contributed by atoms with Crippen molar-refractivity contribution in [3.05, 3.63) is 81.8 Å². The Kier molecular flexibility index (Phi) is 10.0. The molecule has 4 rings (SSSR count). The maximum absolute atomic E-state index is 13.5. The van der Waals surface area contributed by atoms with Crippen LogP contribution in [0.2, 0.25) is 10.0 Å². The van der Waals surface area contributed by atoms with Crippen molar-refractivity contribution in [2.45, 2.75) is 18.2 Å². The zero-order valence-electron chi connectivity index (χ0n) is 21.0. The van der Waals surface area contributed by atoms with Crippen molar-refractivity contribution in [2.24, 2.45) is 10.2 Å². The van der Waals surface area contributed by atoms with Crippen LogP contribution < -0.4 is 44.7 Å². The zero-order chi connectivity index (χ0) is 27.6. The monoisotopic (exact) mass is 595 g/mol. The van der Waals surface area contributed by atoms with Crippen LogP contribution in [-0.4, -0.2) is 26.0 Å². The summed E-state index contributed by atoms with van der Waals surface area (Å²) in [6, 6.07) is 15.2. The number of para-hydroxylation sites is 1. The SMILES string of the molecule is CCc1c(Cl)cc(S(=O)(=O)O)cc1N=Nc1c([O-])c(C(=O)Nc2cccc(Cl)c2OC)cc2ccccc12.[Na+]. The average molecular weight is 596 g/mol. The second-order valence-corrected chi connectivity index (χ2v) is 10.3. The number of methoxy groups -OCH3 is 1. The Labute approximate surface area is 256 Å². The van der Waals surface area contributed by atoms with Gasteiger partial charge in [0.05, 0.1) is 34.1 Å². The van der Waals surface area contributed by atoms with Gasteiger partial charge < -0.3 is 15.2 Å². The summed E-state index contributed by atoms with van der Waals surface area (Å²) >= 11 is 12.4. The molecule has 39 heavy (non-hydrogen) atoms. The molecule has 0 spiro atoms. The number of ether oxygens (including phenoxy) is 1. The molecular formula is C26H20Cl2N3NaO6S. The fourth-order valence-electron chi connectivity index (χ4n) is 3.87. The summed E-state index contributed by atoms with van der Waals surface area (Å²) in [5.41, 5.74) is 0.433. The normalized spacial score (nSPS) is 11.4. The number of anilines is 1. The smallest absolute Gasteiger partial charge is 0.870 e. The largest absolute Gasteiger partial charge is 1.00 e. The van der Waals surface area contributed by atoms with E-state index in [1.165, 1.54) is 13.2 Å². The van der Waals surface area contributed by atoms with E-state index in [1.807, 2.05) is 0 Å². The molecular weight excluding hydrogens is 576 g/mol. The predicted octanol–water partition coefficient (Wildman–Crippen LogP) is 3.71. The van der Waals surface area contributed by atoms with E-state index < -0.39 is 26.7 Å². The van der Waals surface area contributed by atoms with Crippen LogP contribution in [0.25, 0.3) is 10.8 Å². The van der Waals surface area contributed by atoms with Crippen LogP contribution in [0.3, 0.4) is 0 Å². The number of nitrogens with one attached hydrogen (secondary N) is 1. The Morgan fingerprint density at radius 2 is 1.77 bits per heavy atom. The van der Waals surface area contributed by atoms with E-state index in [0.29, 0.717) is 22.8 Å². The first-order valence-electron chi connectivity index (χ1n) is 11.1. The third kappa shape index (κ3) is 6.55. The molecule has 0 aliphatic rings. The van der Waals surface area contributed by atoms with E-state index in [2.05, 4.69) is 15.5 Å². The Morgan fingerprint density at radius 3 is 2.44 bits per heavy atom. The van der Waals surface area contributed by atoms with Crippen LogP contribution >= 0.6 is 23.2 Å². The molecule has 0 saturated heterocycles. The molecule has 13 heteroatoms. The Bertz CT molecular complexity index is 1710. The van der Waals surface area contributed by atoms with Crippen LogP contribution in [0.4, 0.5) is 17.1 Å². The quantitative estimate of drug-likeness (QED) is 0.189. The number of hydrogen-bond acceptors (Lipinski definition) is 7. The number of benzene rings is 4. The van der Waals surface area contributed by atoms with Crippen LogP contribution in [0.5, 0.6) is 11.5 Å². The molecule has 0 fully saturated rings. The van der Waals surface area contributed by atoms with Gasteiger partial charge in [0.25, 0.3) is 16.0 Å². The number of rotatable bonds is 7. The number of amides is 1. The second-order valence-electron chi connectivity index (χ2n) is 8.03. The molecule has 4 aromatic rings. The minimum atomic E-state index is -4.58. The van der Waals surface area contributed by atoms with Crippen molar-refractivity contribution < 1.29 is 57.2 Å². The van der Waals surface area contributed by atoms with E-state index in [0.717, 1.165) is 12.1 Å². The number of carbonyl (C=O) groups excluding carboxylic acids is 1. The standard InChI is InChI=1S/C26H21Cl2N3O6S.Na/c1-3-16-20(28)12-15(38(34,35)36)13-22(16)30-31-23-17-8-5-4-7-14(17)11-18(24(23)32)26(33)29-21-10-6-9-19(27)25(21)37-2;/h4-13,32H,3H2,1-2H3,(H,29,33)(H,34,35,36);/q;+1/p-1. The summed E-state index contributed by atoms with van der Waals surface area (Å²) in [6.45, 7) is 1.77. The van der Waals surface area contributed by atoms with Crippen molar-refractivity contribution in [3.8, 4) is 11.5 Å². The van der Waals surface area contributed by atoms with Gasteiger partial charge in [-0.15, -0.1) is 0 Å². The summed E-state index contributed by atoms with van der Waals surface area (Å²) in [5, 5.41) is 25.7. The van der Waals surface area contributed by atoms with E-state index in [9.17, 15) is 22.9 Å². The molecule has 0 atom stereocenters. The molecule has 0 heterocycles. The van der Waals surface area contributed by atoms with Gasteiger partial charge in [-0.1, -0.05) is 66.2 Å². The molecule has 9 nitrogen and oxygen atoms in total. The van der Waals surface area contributed by atoms with Gasteiger partial charge in [0, 0.05) is 16.0 Å². The summed E-state index contributed by atoms with van der Waals surface area (Å²) in [7, 11) is -3.17. The molecule has 0 aliphatic carbocycles. The summed E-state index contributed by atoms with van der Waals surface area (Å²) in [6.07, 6.45) is 0.369. The number of halogens is 2. The van der Waals surface area contributed by atoms with Crippen molar-refractivity contribution in [1.82, 2.24) is 0 Å². The molecule has 0 saturated carbocycles. The number of carbonyl (C=O) groups is 1. The minimum absolute atomic E-state index is 0. The first kappa shape index (κ1) is 30.8. The Hall–Kier alpha value is -2.70. The molecule has 0 bridgehead atoms. The summed E-state index contributed by atoms with van der Waals surface area (Å²) < 4.78 is 38.1. The first-order valence-corrected chi connectivity index (χ1v) is 13.3. The third-order valence-corrected chi connectivity index (χ3v) is 7.16. The zero-order valence-corrected chi connectivity index (χ0v) is 25.4. The third-order valence-electron chi connectivity index (χ3n) is 5.69. The van der Waals surface area contributed by atoms with E-state index in [4.69, 9.17) is 27.9 Å². The van der Waals surface area contributed by atoms with Gasteiger partial charge in [0.1, 0.15) is 0 Å². The van der Waals surface area contributed by atoms with Crippen molar-refractivity contribution in [1.29, 1.82) is 0 Å². The minimum Gasteiger partial charge on any atom is -0.870 e. The van der Waals surface area contributed by atoms with Gasteiger partial charge in [0.15, 0.2) is 5.75 Å². The van der Waals surface area contributed by atoms with Crippen LogP contribution in [0, 0.1) is 0 Å². The van der Waals surface area contributed by atoms with Crippen molar-refractivity contribution in [2.75, 3.05) is 12.4 Å². The van der Waals surface area contributed by atoms with Gasteiger partial charge in [0.2, 0.25) is 0 Å². The second kappa shape index (κ2) is 12.6. The molecule has 0 radical (unpaired) electrons. The fourth-order valence-corrected chi connectivity index (χ4v) is 5.06. The number of azo groups is 1. The predicted molar refractivity (Wildman–Crippen MR) is 144 cm³/mol. The van der Waals surface area contributed by atoms with E-state index in [1.54, 1.807) is 49.4 Å². The van der Waals surface area contributed by atoms with E-state index >= 15 is 0 Å². The maximum Gasteiger partial charge on any atom is 1.00 e. The molecule has 0 aromatic heterocycles. The van der Waals surface area contributed by atoms with Crippen molar-refractivity contribution >= 4 is 67.1 Å². The van der Waals surface area contributed by atoms with Gasteiger partial charge in [-0.05, 0) is 47.7 Å². The molecule has 2 N–H and O–H groups in total. The fraction of sp³-hybridized carbons (Fsp3) is 0.115. The van der Waals surface area contributed by atoms with E-state index in [-0.39, 0.29) is 68.0 Å².